The van der Waals surface area contributed by atoms with Crippen LogP contribution in [-0.4, -0.2) is 121 Å². The summed E-state index contributed by atoms with van der Waals surface area (Å²) in [5.74, 6) is -3.46. The first-order valence-electron chi connectivity index (χ1n) is 19.3. The number of likely N-dealkylation sites (N-methyl/N-ethyl adjacent to an activating group) is 1. The minimum absolute atomic E-state index is 0.0312. The number of benzene rings is 1. The van der Waals surface area contributed by atoms with E-state index in [0.29, 0.717) is 18.6 Å². The second kappa shape index (κ2) is 17.3. The first-order valence-corrected chi connectivity index (χ1v) is 19.3. The highest BCUT2D eigenvalue weighted by molar-refractivity contribution is 5.87. The van der Waals surface area contributed by atoms with Crippen molar-refractivity contribution in [1.29, 1.82) is 0 Å². The van der Waals surface area contributed by atoms with Crippen LogP contribution in [0.4, 0.5) is 4.79 Å². The second-order valence-corrected chi connectivity index (χ2v) is 16.4. The molecule has 0 aromatic heterocycles. The summed E-state index contributed by atoms with van der Waals surface area (Å²) in [6, 6.07) is 8.61. The Bertz CT molecular complexity index is 1490. The highest BCUT2D eigenvalue weighted by Gasteiger charge is 2.57. The standard InChI is InChI=1S/C40H61N3O11/c1-11-30-40(8)34(41-38(47)54-40)24(4)31(44)22(2)18-39(7)35(53-37-32(45)29(43(9)10)17-23(3)51-37)25(5)33(26(6)36(46)52-30)48-20-28(21-49-39)42-50-19-27-15-13-12-14-16-27/h12-16,22-26,29-30,32-35,37,45H,11,17-21H2,1-10H3,(H,41,47)/b42-28-/t22-,23-,24+,25-,26-,29+,30-,32-,33+,34+,35-,37+,39-,40+/m1/s1. The Hall–Kier alpha value is -3.14. The van der Waals surface area contributed by atoms with Crippen molar-refractivity contribution in [1.82, 2.24) is 10.2 Å². The molecule has 1 amide bonds. The Labute approximate surface area is 319 Å². The van der Waals surface area contributed by atoms with E-state index in [-0.39, 0.29) is 44.2 Å². The molecule has 2 bridgehead atoms. The molecule has 1 aromatic carbocycles. The number of oxime groups is 1. The maximum absolute atomic E-state index is 14.4. The molecular formula is C40H61N3O11. The minimum atomic E-state index is -1.31. The highest BCUT2D eigenvalue weighted by atomic mass is 16.7. The number of carbonyl (C=O) groups excluding carboxylic acids is 3. The molecule has 14 nitrogen and oxygen atoms in total. The van der Waals surface area contributed by atoms with Crippen molar-refractivity contribution in [3.8, 4) is 0 Å². The van der Waals surface area contributed by atoms with E-state index in [2.05, 4.69) is 10.5 Å². The zero-order chi connectivity index (χ0) is 39.5. The SMILES string of the molecule is CC[C@H]1OC(=O)[C@H](C)[C@H]2OC/C(=N/OCc3ccccc3)CO[C@](C)(C[C@@H](C)C(=O)[C@H](C)[C@@H]3NC(=O)O[C@@]13C)[C@H](O[C@@H]1O[C@H](C)C[C@H](N(C)C)[C@H]1O)[C@@H]2C. The Morgan fingerprint density at radius 1 is 1.02 bits per heavy atom. The molecule has 0 spiro atoms. The zero-order valence-corrected chi connectivity index (χ0v) is 33.5. The molecule has 54 heavy (non-hydrogen) atoms. The number of carbonyl (C=O) groups is 3. The normalized spacial score (nSPS) is 41.9. The molecular weight excluding hydrogens is 698 g/mol. The van der Waals surface area contributed by atoms with E-state index in [9.17, 15) is 19.5 Å². The number of amides is 1. The minimum Gasteiger partial charge on any atom is -0.458 e. The van der Waals surface area contributed by atoms with E-state index in [0.717, 1.165) is 5.56 Å². The van der Waals surface area contributed by atoms with Gasteiger partial charge in [0, 0.05) is 23.8 Å². The van der Waals surface area contributed by atoms with Crippen molar-refractivity contribution < 1.29 is 52.7 Å². The number of aliphatic hydroxyl groups is 1. The fourth-order valence-corrected chi connectivity index (χ4v) is 8.87. The number of alkyl carbamates (subject to hydrolysis) is 1. The number of nitrogens with one attached hydrogen (secondary N) is 1. The summed E-state index contributed by atoms with van der Waals surface area (Å²) < 4.78 is 38.6. The van der Waals surface area contributed by atoms with Crippen LogP contribution in [0, 0.1) is 23.7 Å². The summed E-state index contributed by atoms with van der Waals surface area (Å²) in [5, 5.41) is 18.9. The van der Waals surface area contributed by atoms with Crippen LogP contribution in [0.2, 0.25) is 0 Å². The van der Waals surface area contributed by atoms with Crippen molar-refractivity contribution in [3.63, 3.8) is 0 Å². The van der Waals surface area contributed by atoms with Gasteiger partial charge < -0.3 is 48.6 Å². The smallest absolute Gasteiger partial charge is 0.408 e. The second-order valence-electron chi connectivity index (χ2n) is 16.4. The van der Waals surface area contributed by atoms with Gasteiger partial charge in [0.15, 0.2) is 11.9 Å². The Balaban J connectivity index is 1.60. The van der Waals surface area contributed by atoms with Crippen LogP contribution in [0.1, 0.15) is 80.2 Å². The van der Waals surface area contributed by atoms with Gasteiger partial charge >= 0.3 is 12.1 Å². The van der Waals surface area contributed by atoms with Gasteiger partial charge in [-0.05, 0) is 66.6 Å². The van der Waals surface area contributed by atoms with Crippen LogP contribution >= 0.6 is 0 Å². The molecule has 0 radical (unpaired) electrons. The maximum atomic E-state index is 14.4. The molecule has 4 aliphatic heterocycles. The third-order valence-electron chi connectivity index (χ3n) is 11.9. The molecule has 302 valence electrons. The van der Waals surface area contributed by atoms with Gasteiger partial charge in [-0.3, -0.25) is 9.59 Å². The lowest BCUT2D eigenvalue weighted by Gasteiger charge is -2.48. The van der Waals surface area contributed by atoms with Gasteiger partial charge in [-0.15, -0.1) is 0 Å². The zero-order valence-electron chi connectivity index (χ0n) is 33.5. The molecule has 0 saturated carbocycles. The summed E-state index contributed by atoms with van der Waals surface area (Å²) >= 11 is 0. The number of ether oxygens (including phenoxy) is 6. The molecule has 4 aliphatic rings. The maximum Gasteiger partial charge on any atom is 0.408 e. The number of hydrogen-bond donors (Lipinski definition) is 2. The van der Waals surface area contributed by atoms with Gasteiger partial charge in [-0.25, -0.2) is 4.79 Å². The molecule has 2 N–H and O–H groups in total. The lowest BCUT2D eigenvalue weighted by molar-refractivity contribution is -0.302. The van der Waals surface area contributed by atoms with Crippen molar-refractivity contribution in [2.24, 2.45) is 28.8 Å². The van der Waals surface area contributed by atoms with Crippen molar-refractivity contribution in [2.75, 3.05) is 27.3 Å². The molecule has 4 saturated heterocycles. The molecule has 5 rings (SSSR count). The summed E-state index contributed by atoms with van der Waals surface area (Å²) in [5.41, 5.74) is -1.17. The topological polar surface area (TPSA) is 164 Å². The first kappa shape index (κ1) is 42.0. The summed E-state index contributed by atoms with van der Waals surface area (Å²) in [6.07, 6.45) is -4.43. The van der Waals surface area contributed by atoms with Crippen LogP contribution < -0.4 is 5.32 Å². The monoisotopic (exact) mass is 759 g/mol. The number of ketones is 1. The van der Waals surface area contributed by atoms with Crippen molar-refractivity contribution in [2.45, 2.75) is 141 Å². The molecule has 14 atom stereocenters. The Morgan fingerprint density at radius 3 is 2.39 bits per heavy atom. The Kier molecular flexibility index (Phi) is 13.5. The van der Waals surface area contributed by atoms with Crippen LogP contribution in [0.5, 0.6) is 0 Å². The van der Waals surface area contributed by atoms with Crippen LogP contribution in [0.15, 0.2) is 35.5 Å². The number of Topliss-reactive ketones (excluding diaryl/α,β-unsaturated/α-hetero) is 1. The molecule has 1 aromatic rings. The fourth-order valence-electron chi connectivity index (χ4n) is 8.87. The lowest BCUT2D eigenvalue weighted by Crippen LogP contribution is -2.60. The van der Waals surface area contributed by atoms with E-state index >= 15 is 0 Å². The average Bonchev–Trinajstić information content (AvgIpc) is 3.46. The van der Waals surface area contributed by atoms with Gasteiger partial charge in [-0.2, -0.15) is 0 Å². The average molecular weight is 760 g/mol. The van der Waals surface area contributed by atoms with E-state index in [1.165, 1.54) is 0 Å². The summed E-state index contributed by atoms with van der Waals surface area (Å²) in [4.78, 5) is 49.2. The number of fused-ring (bicyclic) bond motifs is 4. The van der Waals surface area contributed by atoms with E-state index in [1.54, 1.807) is 20.8 Å². The molecule has 14 heteroatoms. The first-order chi connectivity index (χ1) is 25.5. The fraction of sp³-hybridized carbons (Fsp3) is 0.750. The van der Waals surface area contributed by atoms with Crippen molar-refractivity contribution in [3.05, 3.63) is 35.9 Å². The molecule has 0 unspecified atom stereocenters. The van der Waals surface area contributed by atoms with E-state index in [4.69, 9.17) is 33.3 Å². The number of hydrogen-bond acceptors (Lipinski definition) is 13. The molecule has 4 heterocycles. The van der Waals surface area contributed by atoms with Crippen molar-refractivity contribution >= 4 is 23.6 Å². The van der Waals surface area contributed by atoms with Gasteiger partial charge in [0.25, 0.3) is 0 Å². The number of aliphatic hydroxyl groups excluding tert-OH is 1. The van der Waals surface area contributed by atoms with E-state index < -0.39 is 83.7 Å². The van der Waals surface area contributed by atoms with Gasteiger partial charge in [0.2, 0.25) is 0 Å². The van der Waals surface area contributed by atoms with Crippen LogP contribution in [-0.2, 0) is 49.5 Å². The number of nitrogens with zero attached hydrogens (tertiary/aromatic N) is 2. The summed E-state index contributed by atoms with van der Waals surface area (Å²) in [7, 11) is 3.81. The summed E-state index contributed by atoms with van der Waals surface area (Å²) in [6.45, 7) is 14.8. The third-order valence-corrected chi connectivity index (χ3v) is 11.9. The largest absolute Gasteiger partial charge is 0.458 e. The highest BCUT2D eigenvalue weighted by Crippen LogP contribution is 2.42. The van der Waals surface area contributed by atoms with Gasteiger partial charge in [0.1, 0.15) is 30.3 Å². The van der Waals surface area contributed by atoms with E-state index in [1.807, 2.05) is 83.9 Å². The molecule has 4 fully saturated rings. The lowest BCUT2D eigenvalue weighted by atomic mass is 9.73. The van der Waals surface area contributed by atoms with Gasteiger partial charge in [0.05, 0.1) is 49.1 Å². The molecule has 0 aliphatic carbocycles. The van der Waals surface area contributed by atoms with Gasteiger partial charge in [-0.1, -0.05) is 63.2 Å². The van der Waals surface area contributed by atoms with Crippen LogP contribution in [0.25, 0.3) is 0 Å². The number of cyclic esters (lactones) is 1. The van der Waals surface area contributed by atoms with Crippen LogP contribution in [0.3, 0.4) is 0 Å². The number of esters is 1. The predicted molar refractivity (Wildman–Crippen MR) is 198 cm³/mol. The quantitative estimate of drug-likeness (QED) is 0.301. The number of rotatable bonds is 7. The Morgan fingerprint density at radius 2 is 1.72 bits per heavy atom. The predicted octanol–water partition coefficient (Wildman–Crippen LogP) is 4.25. The third kappa shape index (κ3) is 8.94.